The number of rotatable bonds is 0. The molecule has 1 fully saturated rings. The molecule has 0 aliphatic carbocycles. The number of thioether (sulfide) groups is 1. The average Bonchev–Trinajstić information content (AvgIpc) is 1.91. The van der Waals surface area contributed by atoms with E-state index in [1.54, 1.807) is 0 Å². The van der Waals surface area contributed by atoms with Crippen molar-refractivity contribution >= 4 is 16.9 Å². The Kier molecular flexibility index (Phi) is 1.23. The maximum atomic E-state index is 8.80. The van der Waals surface area contributed by atoms with Crippen LogP contribution in [0, 0.1) is 0 Å². The summed E-state index contributed by atoms with van der Waals surface area (Å²) in [6, 6.07) is 0. The first-order chi connectivity index (χ1) is 3.30. The molecule has 0 spiro atoms. The summed E-state index contributed by atoms with van der Waals surface area (Å²) in [5, 5.41) is 9.26. The van der Waals surface area contributed by atoms with Gasteiger partial charge in [-0.2, -0.15) is 0 Å². The lowest BCUT2D eigenvalue weighted by molar-refractivity contribution is 0.564. The van der Waals surface area contributed by atoms with E-state index in [0.29, 0.717) is 5.17 Å². The monoisotopic (exact) mass is 115 g/mol. The molecule has 1 saturated heterocycles. The normalized spacial score (nSPS) is 21.3. The fraction of sp³-hybridized carbons (Fsp3) is 0.750. The Morgan fingerprint density at radius 3 is 2.71 bits per heavy atom. The molecule has 39 valence electrons. The third kappa shape index (κ3) is 0.881. The van der Waals surface area contributed by atoms with Crippen LogP contribution in [0.4, 0.5) is 0 Å². The van der Waals surface area contributed by atoms with E-state index in [1.165, 1.54) is 11.8 Å². The SMILES string of the molecule is CN1CCSC1=[N]. The lowest BCUT2D eigenvalue weighted by Gasteiger charge is -2.03. The van der Waals surface area contributed by atoms with Crippen molar-refractivity contribution < 1.29 is 0 Å². The smallest absolute Gasteiger partial charge is 0.185 e. The van der Waals surface area contributed by atoms with Crippen LogP contribution in [0.1, 0.15) is 0 Å². The second-order valence-corrected chi connectivity index (χ2v) is 2.61. The number of hydrogen-bond donors (Lipinski definition) is 0. The average molecular weight is 115 g/mol. The summed E-state index contributed by atoms with van der Waals surface area (Å²) in [5.41, 5.74) is 0. The van der Waals surface area contributed by atoms with Crippen LogP contribution in [0.5, 0.6) is 0 Å². The Balaban J connectivity index is 2.48. The first-order valence-electron chi connectivity index (χ1n) is 2.20. The lowest BCUT2D eigenvalue weighted by atomic mass is 10.7. The van der Waals surface area contributed by atoms with Crippen molar-refractivity contribution in [1.82, 2.24) is 10.3 Å². The molecule has 2 nitrogen and oxygen atoms in total. The van der Waals surface area contributed by atoms with Gasteiger partial charge in [0, 0.05) is 19.3 Å². The third-order valence-electron chi connectivity index (χ3n) is 0.984. The van der Waals surface area contributed by atoms with Gasteiger partial charge in [-0.05, 0) is 0 Å². The van der Waals surface area contributed by atoms with Crippen LogP contribution in [0.25, 0.3) is 0 Å². The van der Waals surface area contributed by atoms with E-state index >= 15 is 0 Å². The molecule has 1 rings (SSSR count). The van der Waals surface area contributed by atoms with Crippen LogP contribution in [0.2, 0.25) is 0 Å². The van der Waals surface area contributed by atoms with Gasteiger partial charge in [0.2, 0.25) is 0 Å². The van der Waals surface area contributed by atoms with Crippen molar-refractivity contribution in [2.45, 2.75) is 0 Å². The minimum Gasteiger partial charge on any atom is -0.352 e. The van der Waals surface area contributed by atoms with E-state index in [4.69, 9.17) is 5.41 Å². The Hall–Kier alpha value is -0.180. The Morgan fingerprint density at radius 2 is 2.57 bits per heavy atom. The van der Waals surface area contributed by atoms with Crippen LogP contribution in [0.3, 0.4) is 0 Å². The summed E-state index contributed by atoms with van der Waals surface area (Å²) >= 11 is 1.50. The summed E-state index contributed by atoms with van der Waals surface area (Å²) < 4.78 is 0. The van der Waals surface area contributed by atoms with Crippen LogP contribution < -0.4 is 5.41 Å². The summed E-state index contributed by atoms with van der Waals surface area (Å²) in [6.45, 7) is 0.983. The highest BCUT2D eigenvalue weighted by Crippen LogP contribution is 2.11. The van der Waals surface area contributed by atoms with Crippen molar-refractivity contribution in [3.63, 3.8) is 0 Å². The summed E-state index contributed by atoms with van der Waals surface area (Å²) in [6.07, 6.45) is 0. The van der Waals surface area contributed by atoms with Gasteiger partial charge in [0.05, 0.1) is 0 Å². The van der Waals surface area contributed by atoms with Crippen LogP contribution >= 0.6 is 11.8 Å². The van der Waals surface area contributed by atoms with E-state index in [1.807, 2.05) is 11.9 Å². The van der Waals surface area contributed by atoms with Gasteiger partial charge in [-0.3, -0.25) is 0 Å². The predicted octanol–water partition coefficient (Wildman–Crippen LogP) is -0.179. The van der Waals surface area contributed by atoms with E-state index < -0.39 is 0 Å². The fourth-order valence-corrected chi connectivity index (χ4v) is 1.34. The Morgan fingerprint density at radius 1 is 1.86 bits per heavy atom. The van der Waals surface area contributed by atoms with E-state index in [0.717, 1.165) is 12.3 Å². The lowest BCUT2D eigenvalue weighted by Crippen LogP contribution is -2.18. The summed E-state index contributed by atoms with van der Waals surface area (Å²) in [4.78, 5) is 1.84. The molecule has 7 heavy (non-hydrogen) atoms. The minimum absolute atomic E-state index is 0.458. The van der Waals surface area contributed by atoms with Crippen molar-refractivity contribution in [3.8, 4) is 0 Å². The molecule has 1 heterocycles. The molecular weight excluding hydrogens is 108 g/mol. The van der Waals surface area contributed by atoms with Crippen LogP contribution in [-0.2, 0) is 0 Å². The highest BCUT2D eigenvalue weighted by atomic mass is 32.2. The van der Waals surface area contributed by atoms with Gasteiger partial charge >= 0.3 is 0 Å². The van der Waals surface area contributed by atoms with Gasteiger partial charge in [-0.15, -0.1) is 5.41 Å². The molecule has 1 radical (unpaired) electrons. The zero-order valence-corrected chi connectivity index (χ0v) is 5.03. The molecular formula is C4H7N2S. The summed E-state index contributed by atoms with van der Waals surface area (Å²) in [5.74, 6) is 1.03. The molecule has 1 aliphatic rings. The van der Waals surface area contributed by atoms with Crippen LogP contribution in [0.15, 0.2) is 0 Å². The molecule has 0 amide bonds. The first-order valence-corrected chi connectivity index (χ1v) is 3.19. The zero-order chi connectivity index (χ0) is 5.28. The molecule has 0 aromatic heterocycles. The zero-order valence-electron chi connectivity index (χ0n) is 4.22. The molecule has 0 bridgehead atoms. The van der Waals surface area contributed by atoms with Crippen molar-refractivity contribution in [3.05, 3.63) is 0 Å². The molecule has 0 saturated carbocycles. The number of nitrogens with zero attached hydrogens (tertiary/aromatic N) is 2. The molecule has 0 atom stereocenters. The van der Waals surface area contributed by atoms with E-state index in [2.05, 4.69) is 0 Å². The molecule has 0 N–H and O–H groups in total. The second kappa shape index (κ2) is 1.74. The van der Waals surface area contributed by atoms with Gasteiger partial charge in [-0.1, -0.05) is 11.8 Å². The Labute approximate surface area is 47.4 Å². The van der Waals surface area contributed by atoms with Gasteiger partial charge in [-0.25, -0.2) is 0 Å². The van der Waals surface area contributed by atoms with Crippen molar-refractivity contribution in [2.75, 3.05) is 19.3 Å². The standard InChI is InChI=1S/C4H7N2S/c1-6-2-3-7-4(6)5/h2-3H2,1H3. The maximum Gasteiger partial charge on any atom is 0.185 e. The van der Waals surface area contributed by atoms with Crippen molar-refractivity contribution in [2.24, 2.45) is 0 Å². The first kappa shape index (κ1) is 4.97. The van der Waals surface area contributed by atoms with Gasteiger partial charge in [0.1, 0.15) is 0 Å². The molecule has 0 unspecified atom stereocenters. The largest absolute Gasteiger partial charge is 0.352 e. The fourth-order valence-electron chi connectivity index (χ4n) is 0.480. The van der Waals surface area contributed by atoms with Gasteiger partial charge in [0.25, 0.3) is 0 Å². The van der Waals surface area contributed by atoms with E-state index in [-0.39, 0.29) is 0 Å². The Bertz CT molecular complexity index is 91.7. The topological polar surface area (TPSA) is 25.5 Å². The third-order valence-corrected chi connectivity index (χ3v) is 1.94. The van der Waals surface area contributed by atoms with E-state index in [9.17, 15) is 0 Å². The quantitative estimate of drug-likeness (QED) is 0.437. The molecule has 1 aliphatic heterocycles. The highest BCUT2D eigenvalue weighted by molar-refractivity contribution is 8.14. The van der Waals surface area contributed by atoms with Crippen molar-refractivity contribution in [1.29, 1.82) is 0 Å². The molecule has 0 aromatic carbocycles. The van der Waals surface area contributed by atoms with Gasteiger partial charge in [0.15, 0.2) is 5.17 Å². The van der Waals surface area contributed by atoms with Gasteiger partial charge < -0.3 is 4.90 Å². The number of hydrogen-bond acceptors (Lipinski definition) is 1. The maximum absolute atomic E-state index is 8.80. The van der Waals surface area contributed by atoms with Crippen LogP contribution in [-0.4, -0.2) is 29.4 Å². The highest BCUT2D eigenvalue weighted by Gasteiger charge is 2.12. The number of amidine groups is 1. The minimum atomic E-state index is 0.458. The predicted molar refractivity (Wildman–Crippen MR) is 32.2 cm³/mol. The summed E-state index contributed by atoms with van der Waals surface area (Å²) in [7, 11) is 1.88. The molecule has 0 aromatic rings. The molecule has 3 heteroatoms. The second-order valence-electron chi connectivity index (χ2n) is 1.55.